The third-order valence-corrected chi connectivity index (χ3v) is 2.33. The van der Waals surface area contributed by atoms with E-state index in [9.17, 15) is 8.78 Å². The molecule has 3 N–H and O–H groups in total. The third-order valence-electron chi connectivity index (χ3n) is 2.33. The summed E-state index contributed by atoms with van der Waals surface area (Å²) in [6, 6.07) is 1.64. The molecule has 1 aromatic carbocycles. The van der Waals surface area contributed by atoms with Crippen LogP contribution in [0.15, 0.2) is 12.1 Å². The van der Waals surface area contributed by atoms with Crippen molar-refractivity contribution in [2.45, 2.75) is 26.8 Å². The molecule has 84 valence electrons. The number of halogens is 2. The number of hydrogen-bond donors (Lipinski definition) is 2. The maximum atomic E-state index is 13.0. The molecule has 1 aromatic rings. The molecule has 0 aliphatic rings. The molecule has 1 unspecified atom stereocenters. The van der Waals surface area contributed by atoms with Crippen LogP contribution in [0.4, 0.5) is 8.78 Å². The molecule has 4 heteroatoms. The Kier molecular flexibility index (Phi) is 3.00. The van der Waals surface area contributed by atoms with Gasteiger partial charge in [-0.2, -0.15) is 0 Å². The Labute approximate surface area is 87.7 Å². The quantitative estimate of drug-likeness (QED) is 0.756. The van der Waals surface area contributed by atoms with Gasteiger partial charge in [0.1, 0.15) is 0 Å². The van der Waals surface area contributed by atoms with E-state index in [2.05, 4.69) is 0 Å². The van der Waals surface area contributed by atoms with Crippen LogP contribution in [0.1, 0.15) is 32.4 Å². The zero-order valence-corrected chi connectivity index (χ0v) is 9.01. The Bertz CT molecular complexity index is 348. The minimum Gasteiger partial charge on any atom is -0.503 e. The van der Waals surface area contributed by atoms with Crippen LogP contribution in [0.3, 0.4) is 0 Å². The van der Waals surface area contributed by atoms with Crippen LogP contribution in [-0.2, 0) is 0 Å². The maximum Gasteiger partial charge on any atom is 0.187 e. The van der Waals surface area contributed by atoms with Gasteiger partial charge in [0.05, 0.1) is 0 Å². The summed E-state index contributed by atoms with van der Waals surface area (Å²) in [5.74, 6) is -2.92. The number of benzene rings is 1. The molecule has 0 saturated heterocycles. The first-order chi connectivity index (χ1) is 6.73. The molecular formula is C11H15F2NO. The molecule has 0 heterocycles. The molecule has 1 rings (SSSR count). The van der Waals surface area contributed by atoms with E-state index in [1.807, 2.05) is 20.8 Å². The van der Waals surface area contributed by atoms with Gasteiger partial charge in [-0.15, -0.1) is 0 Å². The molecule has 0 spiro atoms. The molecule has 0 saturated carbocycles. The number of phenolic OH excluding ortho intramolecular Hbond substituents is 1. The molecule has 0 fully saturated rings. The van der Waals surface area contributed by atoms with Crippen molar-refractivity contribution >= 4 is 0 Å². The van der Waals surface area contributed by atoms with Crippen molar-refractivity contribution in [3.8, 4) is 5.75 Å². The van der Waals surface area contributed by atoms with Crippen molar-refractivity contribution in [2.24, 2.45) is 11.1 Å². The molecule has 0 aromatic heterocycles. The van der Waals surface area contributed by atoms with Crippen LogP contribution in [0.2, 0.25) is 0 Å². The predicted octanol–water partition coefficient (Wildman–Crippen LogP) is 2.72. The fourth-order valence-corrected chi connectivity index (χ4v) is 1.26. The average molecular weight is 215 g/mol. The monoisotopic (exact) mass is 215 g/mol. The summed E-state index contributed by atoms with van der Waals surface area (Å²) in [6.07, 6.45) is 0. The summed E-state index contributed by atoms with van der Waals surface area (Å²) in [4.78, 5) is 0. The Morgan fingerprint density at radius 1 is 1.20 bits per heavy atom. The van der Waals surface area contributed by atoms with E-state index in [-0.39, 0.29) is 5.41 Å². The van der Waals surface area contributed by atoms with Crippen LogP contribution >= 0.6 is 0 Å². The highest BCUT2D eigenvalue weighted by atomic mass is 19.1. The van der Waals surface area contributed by atoms with Crippen LogP contribution in [-0.4, -0.2) is 5.11 Å². The first-order valence-electron chi connectivity index (χ1n) is 4.67. The molecule has 0 aliphatic carbocycles. The van der Waals surface area contributed by atoms with Gasteiger partial charge in [-0.3, -0.25) is 0 Å². The average Bonchev–Trinajstić information content (AvgIpc) is 2.10. The van der Waals surface area contributed by atoms with Gasteiger partial charge in [-0.1, -0.05) is 20.8 Å². The van der Waals surface area contributed by atoms with E-state index < -0.39 is 23.4 Å². The molecule has 0 radical (unpaired) electrons. The minimum absolute atomic E-state index is 0.296. The van der Waals surface area contributed by atoms with Gasteiger partial charge in [0.25, 0.3) is 0 Å². The summed E-state index contributed by atoms with van der Waals surface area (Å²) in [7, 11) is 0. The molecule has 2 nitrogen and oxygen atoms in total. The first-order valence-corrected chi connectivity index (χ1v) is 4.67. The summed E-state index contributed by atoms with van der Waals surface area (Å²) in [5, 5.41) is 8.92. The van der Waals surface area contributed by atoms with E-state index in [0.29, 0.717) is 5.56 Å². The van der Waals surface area contributed by atoms with Crippen molar-refractivity contribution in [1.82, 2.24) is 0 Å². The lowest BCUT2D eigenvalue weighted by molar-refractivity contribution is 0.323. The minimum atomic E-state index is -0.982. The molecule has 0 bridgehead atoms. The smallest absolute Gasteiger partial charge is 0.187 e. The number of aromatic hydroxyl groups is 1. The van der Waals surface area contributed by atoms with Crippen molar-refractivity contribution < 1.29 is 13.9 Å². The maximum absolute atomic E-state index is 13.0. The van der Waals surface area contributed by atoms with Gasteiger partial charge >= 0.3 is 0 Å². The fourth-order valence-electron chi connectivity index (χ4n) is 1.26. The highest BCUT2D eigenvalue weighted by Gasteiger charge is 2.24. The van der Waals surface area contributed by atoms with Gasteiger partial charge in [-0.25, -0.2) is 8.78 Å². The van der Waals surface area contributed by atoms with Crippen LogP contribution < -0.4 is 5.73 Å². The standard InChI is InChI=1S/C11H15F2NO/c1-11(2,3)10(14)6-4-7(12)9(15)8(13)5-6/h4-5,10,15H,14H2,1-3H3. The van der Waals surface area contributed by atoms with Crippen molar-refractivity contribution in [2.75, 3.05) is 0 Å². The summed E-state index contributed by atoms with van der Waals surface area (Å²) in [6.45, 7) is 5.63. The highest BCUT2D eigenvalue weighted by Crippen LogP contribution is 2.33. The fraction of sp³-hybridized carbons (Fsp3) is 0.455. The Morgan fingerprint density at radius 3 is 1.93 bits per heavy atom. The van der Waals surface area contributed by atoms with E-state index in [4.69, 9.17) is 10.8 Å². The summed E-state index contributed by atoms with van der Waals surface area (Å²) in [5.41, 5.74) is 5.89. The first kappa shape index (κ1) is 11.9. The predicted molar refractivity (Wildman–Crippen MR) is 54.4 cm³/mol. The zero-order chi connectivity index (χ0) is 11.8. The lowest BCUT2D eigenvalue weighted by Gasteiger charge is -2.27. The van der Waals surface area contributed by atoms with Gasteiger partial charge in [0.2, 0.25) is 0 Å². The van der Waals surface area contributed by atoms with Crippen molar-refractivity contribution in [1.29, 1.82) is 0 Å². The second kappa shape index (κ2) is 3.77. The van der Waals surface area contributed by atoms with E-state index in [1.54, 1.807) is 0 Å². The molecule has 1 atom stereocenters. The van der Waals surface area contributed by atoms with E-state index in [0.717, 1.165) is 12.1 Å². The van der Waals surface area contributed by atoms with Gasteiger partial charge in [0.15, 0.2) is 17.4 Å². The van der Waals surface area contributed by atoms with Crippen molar-refractivity contribution in [3.63, 3.8) is 0 Å². The van der Waals surface area contributed by atoms with Gasteiger partial charge in [-0.05, 0) is 23.1 Å². The number of nitrogens with two attached hydrogens (primary N) is 1. The van der Waals surface area contributed by atoms with E-state index in [1.165, 1.54) is 0 Å². The normalized spacial score (nSPS) is 14.0. The third kappa shape index (κ3) is 2.45. The Hall–Kier alpha value is -1.16. The van der Waals surface area contributed by atoms with E-state index >= 15 is 0 Å². The number of rotatable bonds is 1. The van der Waals surface area contributed by atoms with Crippen LogP contribution in [0.5, 0.6) is 5.75 Å². The lowest BCUT2D eigenvalue weighted by Crippen LogP contribution is -2.26. The Morgan fingerprint density at radius 2 is 1.60 bits per heavy atom. The summed E-state index contributed by atoms with van der Waals surface area (Å²) < 4.78 is 26.1. The second-order valence-corrected chi connectivity index (χ2v) is 4.68. The second-order valence-electron chi connectivity index (χ2n) is 4.68. The largest absolute Gasteiger partial charge is 0.503 e. The van der Waals surface area contributed by atoms with Crippen molar-refractivity contribution in [3.05, 3.63) is 29.3 Å². The molecule has 0 amide bonds. The highest BCUT2D eigenvalue weighted by molar-refractivity contribution is 5.32. The molecule has 0 aliphatic heterocycles. The van der Waals surface area contributed by atoms with Crippen LogP contribution in [0.25, 0.3) is 0 Å². The zero-order valence-electron chi connectivity index (χ0n) is 9.01. The molecule has 15 heavy (non-hydrogen) atoms. The topological polar surface area (TPSA) is 46.2 Å². The Balaban J connectivity index is 3.17. The molecular weight excluding hydrogens is 200 g/mol. The lowest BCUT2D eigenvalue weighted by atomic mass is 9.83. The number of phenols is 1. The summed E-state index contributed by atoms with van der Waals surface area (Å²) >= 11 is 0. The van der Waals surface area contributed by atoms with Crippen LogP contribution in [0, 0.1) is 17.0 Å². The van der Waals surface area contributed by atoms with Gasteiger partial charge in [0, 0.05) is 6.04 Å². The van der Waals surface area contributed by atoms with Gasteiger partial charge < -0.3 is 10.8 Å². The SMILES string of the molecule is CC(C)(C)C(N)c1cc(F)c(O)c(F)c1. The number of hydrogen-bond acceptors (Lipinski definition) is 2.